The predicted octanol–water partition coefficient (Wildman–Crippen LogP) is 5.51. The highest BCUT2D eigenvalue weighted by Crippen LogP contribution is 2.40. The van der Waals surface area contributed by atoms with Gasteiger partial charge in [0.05, 0.1) is 24.4 Å². The Hall–Kier alpha value is -3.60. The summed E-state index contributed by atoms with van der Waals surface area (Å²) in [5, 5.41) is 11.1. The molecule has 0 saturated carbocycles. The third-order valence-corrected chi connectivity index (χ3v) is 5.86. The van der Waals surface area contributed by atoms with Gasteiger partial charge in [-0.15, -0.1) is 0 Å². The first-order valence-electron chi connectivity index (χ1n) is 10.6. The van der Waals surface area contributed by atoms with Crippen molar-refractivity contribution >= 4 is 17.4 Å². The quantitative estimate of drug-likeness (QED) is 0.337. The molecular weight excluding hydrogens is 402 g/mol. The number of carbonyl (C=O) groups excluding carboxylic acids is 2. The molecule has 1 aromatic heterocycles. The SMILES string of the molecule is Cc1ccc(C(O)=C2C(=O)C(=O)N(Cc3ccco3)C2c2ccc(C(C)(C)C)cc2)cc1. The van der Waals surface area contributed by atoms with E-state index in [0.29, 0.717) is 11.3 Å². The van der Waals surface area contributed by atoms with Crippen molar-refractivity contribution in [1.82, 2.24) is 4.90 Å². The number of Topliss-reactive ketones (excluding diaryl/α,β-unsaturated/α-hetero) is 1. The second-order valence-electron chi connectivity index (χ2n) is 9.24. The van der Waals surface area contributed by atoms with Crippen LogP contribution in [0.1, 0.15) is 54.8 Å². The van der Waals surface area contributed by atoms with Crippen molar-refractivity contribution in [3.8, 4) is 0 Å². The van der Waals surface area contributed by atoms with Gasteiger partial charge in [-0.05, 0) is 35.6 Å². The number of nitrogens with zero attached hydrogens (tertiary/aromatic N) is 1. The molecule has 1 N–H and O–H groups in total. The number of aliphatic hydroxyl groups excluding tert-OH is 1. The van der Waals surface area contributed by atoms with Crippen LogP contribution in [-0.2, 0) is 21.5 Å². The Morgan fingerprint density at radius 1 is 1.00 bits per heavy atom. The summed E-state index contributed by atoms with van der Waals surface area (Å²) < 4.78 is 5.44. The van der Waals surface area contributed by atoms with Crippen molar-refractivity contribution in [3.63, 3.8) is 0 Å². The molecule has 4 rings (SSSR count). The van der Waals surface area contributed by atoms with Crippen molar-refractivity contribution in [1.29, 1.82) is 0 Å². The summed E-state index contributed by atoms with van der Waals surface area (Å²) in [5.41, 5.74) is 3.50. The first kappa shape index (κ1) is 21.6. The molecule has 1 saturated heterocycles. The number of aliphatic hydroxyl groups is 1. The van der Waals surface area contributed by atoms with Gasteiger partial charge in [-0.2, -0.15) is 0 Å². The minimum Gasteiger partial charge on any atom is -0.507 e. The number of aryl methyl sites for hydroxylation is 1. The Labute approximate surface area is 188 Å². The number of amides is 1. The van der Waals surface area contributed by atoms with E-state index < -0.39 is 17.7 Å². The third-order valence-electron chi connectivity index (χ3n) is 5.86. The average Bonchev–Trinajstić information content (AvgIpc) is 3.36. The summed E-state index contributed by atoms with van der Waals surface area (Å²) in [6.45, 7) is 8.46. The zero-order valence-corrected chi connectivity index (χ0v) is 18.8. The van der Waals surface area contributed by atoms with E-state index in [0.717, 1.165) is 16.7 Å². The van der Waals surface area contributed by atoms with Gasteiger partial charge >= 0.3 is 0 Å². The zero-order valence-electron chi connectivity index (χ0n) is 18.8. The van der Waals surface area contributed by atoms with Gasteiger partial charge < -0.3 is 14.4 Å². The van der Waals surface area contributed by atoms with Crippen LogP contribution < -0.4 is 0 Å². The van der Waals surface area contributed by atoms with E-state index in [1.165, 1.54) is 11.2 Å². The molecular formula is C27H27NO4. The van der Waals surface area contributed by atoms with Gasteiger partial charge in [0, 0.05) is 5.56 Å². The van der Waals surface area contributed by atoms with Gasteiger partial charge in [-0.3, -0.25) is 9.59 Å². The molecule has 3 aromatic rings. The van der Waals surface area contributed by atoms with Crippen LogP contribution in [0.25, 0.3) is 5.76 Å². The highest BCUT2D eigenvalue weighted by molar-refractivity contribution is 6.46. The summed E-state index contributed by atoms with van der Waals surface area (Å²) in [6, 6.07) is 17.9. The van der Waals surface area contributed by atoms with Crippen LogP contribution in [0.15, 0.2) is 76.9 Å². The van der Waals surface area contributed by atoms with E-state index in [1.807, 2.05) is 43.3 Å². The molecule has 1 fully saturated rings. The fraction of sp³-hybridized carbons (Fsp3) is 0.259. The second kappa shape index (κ2) is 8.15. The smallest absolute Gasteiger partial charge is 0.296 e. The number of furan rings is 1. The van der Waals surface area contributed by atoms with Gasteiger partial charge in [0.2, 0.25) is 0 Å². The maximum atomic E-state index is 13.1. The van der Waals surface area contributed by atoms with Gasteiger partial charge in [0.25, 0.3) is 11.7 Å². The van der Waals surface area contributed by atoms with E-state index >= 15 is 0 Å². The highest BCUT2D eigenvalue weighted by atomic mass is 16.3. The first-order valence-corrected chi connectivity index (χ1v) is 10.6. The summed E-state index contributed by atoms with van der Waals surface area (Å²) >= 11 is 0. The van der Waals surface area contributed by atoms with Crippen LogP contribution in [0, 0.1) is 6.92 Å². The standard InChI is InChI=1S/C27H27NO4/c1-17-7-9-19(10-8-17)24(29)22-23(18-11-13-20(14-12-18)27(2,3)4)28(26(31)25(22)30)16-21-6-5-15-32-21/h5-15,23,29H,16H2,1-4H3. The lowest BCUT2D eigenvalue weighted by Gasteiger charge is -2.26. The normalized spacial score (nSPS) is 18.4. The summed E-state index contributed by atoms with van der Waals surface area (Å²) in [6.07, 6.45) is 1.53. The van der Waals surface area contributed by atoms with Gasteiger partial charge in [0.1, 0.15) is 11.5 Å². The van der Waals surface area contributed by atoms with Gasteiger partial charge in [-0.1, -0.05) is 74.9 Å². The second-order valence-corrected chi connectivity index (χ2v) is 9.24. The molecule has 1 atom stereocenters. The molecule has 0 aliphatic carbocycles. The molecule has 2 aromatic carbocycles. The molecule has 1 amide bonds. The molecule has 0 radical (unpaired) electrons. The minimum atomic E-state index is -0.713. The van der Waals surface area contributed by atoms with E-state index in [2.05, 4.69) is 20.8 Å². The molecule has 5 heteroatoms. The molecule has 0 spiro atoms. The lowest BCUT2D eigenvalue weighted by atomic mass is 9.85. The molecule has 2 heterocycles. The summed E-state index contributed by atoms with van der Waals surface area (Å²) in [4.78, 5) is 27.6. The molecule has 0 bridgehead atoms. The van der Waals surface area contributed by atoms with E-state index in [1.54, 1.807) is 24.3 Å². The van der Waals surface area contributed by atoms with Crippen LogP contribution in [0.2, 0.25) is 0 Å². The van der Waals surface area contributed by atoms with Crippen molar-refractivity contribution in [2.75, 3.05) is 0 Å². The van der Waals surface area contributed by atoms with Crippen LogP contribution >= 0.6 is 0 Å². The number of carbonyl (C=O) groups is 2. The Morgan fingerprint density at radius 2 is 1.66 bits per heavy atom. The minimum absolute atomic E-state index is 0.0313. The largest absolute Gasteiger partial charge is 0.507 e. The molecule has 1 aliphatic heterocycles. The Balaban J connectivity index is 1.85. The zero-order chi connectivity index (χ0) is 23.0. The number of ketones is 1. The lowest BCUT2D eigenvalue weighted by Crippen LogP contribution is -2.29. The van der Waals surface area contributed by atoms with Gasteiger partial charge in [0.15, 0.2) is 0 Å². The molecule has 32 heavy (non-hydrogen) atoms. The monoisotopic (exact) mass is 429 g/mol. The first-order chi connectivity index (χ1) is 15.2. The fourth-order valence-corrected chi connectivity index (χ4v) is 3.99. The third kappa shape index (κ3) is 3.98. The van der Waals surface area contributed by atoms with Crippen molar-refractivity contribution in [2.45, 2.75) is 45.7 Å². The van der Waals surface area contributed by atoms with Crippen molar-refractivity contribution in [3.05, 3.63) is 101 Å². The van der Waals surface area contributed by atoms with E-state index in [9.17, 15) is 14.7 Å². The molecule has 5 nitrogen and oxygen atoms in total. The molecule has 164 valence electrons. The van der Waals surface area contributed by atoms with Crippen LogP contribution in [0.5, 0.6) is 0 Å². The van der Waals surface area contributed by atoms with Crippen LogP contribution in [0.4, 0.5) is 0 Å². The molecule has 1 unspecified atom stereocenters. The highest BCUT2D eigenvalue weighted by Gasteiger charge is 2.46. The number of hydrogen-bond acceptors (Lipinski definition) is 4. The Morgan fingerprint density at radius 3 is 2.22 bits per heavy atom. The maximum absolute atomic E-state index is 13.1. The summed E-state index contributed by atoms with van der Waals surface area (Å²) in [7, 11) is 0. The maximum Gasteiger partial charge on any atom is 0.296 e. The van der Waals surface area contributed by atoms with E-state index in [-0.39, 0.29) is 23.3 Å². The Bertz CT molecular complexity index is 1160. The summed E-state index contributed by atoms with van der Waals surface area (Å²) in [5.74, 6) is -0.951. The molecule has 1 aliphatic rings. The topological polar surface area (TPSA) is 70.8 Å². The fourth-order valence-electron chi connectivity index (χ4n) is 3.99. The average molecular weight is 430 g/mol. The van der Waals surface area contributed by atoms with E-state index in [4.69, 9.17) is 4.42 Å². The van der Waals surface area contributed by atoms with Crippen LogP contribution in [-0.4, -0.2) is 21.7 Å². The van der Waals surface area contributed by atoms with Crippen molar-refractivity contribution < 1.29 is 19.1 Å². The predicted molar refractivity (Wildman–Crippen MR) is 123 cm³/mol. The number of benzene rings is 2. The van der Waals surface area contributed by atoms with Crippen molar-refractivity contribution in [2.24, 2.45) is 0 Å². The number of likely N-dealkylation sites (tertiary alicyclic amines) is 1. The Kier molecular flexibility index (Phi) is 5.51. The van der Waals surface area contributed by atoms with Crippen LogP contribution in [0.3, 0.4) is 0 Å². The lowest BCUT2D eigenvalue weighted by molar-refractivity contribution is -0.140. The number of hydrogen-bond donors (Lipinski definition) is 1. The number of rotatable bonds is 4. The van der Waals surface area contributed by atoms with Gasteiger partial charge in [-0.25, -0.2) is 0 Å².